The first kappa shape index (κ1) is 21.8. The Balaban J connectivity index is 1.60. The van der Waals surface area contributed by atoms with Crippen LogP contribution in [0.5, 0.6) is 0 Å². The Morgan fingerprint density at radius 3 is 2.84 bits per heavy atom. The number of nitrogens with zero attached hydrogens (tertiary/aromatic N) is 3. The van der Waals surface area contributed by atoms with Crippen LogP contribution in [0.15, 0.2) is 35.1 Å². The Hall–Kier alpha value is -2.45. The fraction of sp³-hybridized carbons (Fsp3) is 0.435. The van der Waals surface area contributed by atoms with Crippen LogP contribution in [0.1, 0.15) is 42.1 Å². The van der Waals surface area contributed by atoms with Gasteiger partial charge in [0.15, 0.2) is 5.65 Å². The van der Waals surface area contributed by atoms with Crippen molar-refractivity contribution in [3.63, 3.8) is 0 Å². The molecule has 7 nitrogen and oxygen atoms in total. The second-order valence-corrected chi connectivity index (χ2v) is 8.79. The fourth-order valence-electron chi connectivity index (χ4n) is 3.88. The predicted octanol–water partition coefficient (Wildman–Crippen LogP) is 4.45. The van der Waals surface area contributed by atoms with Crippen LogP contribution in [0.25, 0.3) is 16.9 Å². The molecular weight excluding hydrogens is 458 g/mol. The lowest BCUT2D eigenvalue weighted by molar-refractivity contribution is 0.0699. The Labute approximate surface area is 190 Å². The van der Waals surface area contributed by atoms with E-state index in [-0.39, 0.29) is 5.91 Å². The average molecular weight is 486 g/mol. The number of halogens is 1. The molecule has 2 aromatic heterocycles. The lowest BCUT2D eigenvalue weighted by Gasteiger charge is -2.22. The molecule has 1 aliphatic rings. The quantitative estimate of drug-likeness (QED) is 0.516. The molecule has 0 radical (unpaired) electrons. The summed E-state index contributed by atoms with van der Waals surface area (Å²) in [6.07, 6.45) is 4.90. The molecule has 3 aromatic rings. The summed E-state index contributed by atoms with van der Waals surface area (Å²) in [5, 5.41) is 11.1. The van der Waals surface area contributed by atoms with Gasteiger partial charge >= 0.3 is 0 Å². The molecule has 4 rings (SSSR count). The minimum Gasteiger partial charge on any atom is -0.382 e. The van der Waals surface area contributed by atoms with Crippen molar-refractivity contribution in [2.45, 2.75) is 33.1 Å². The molecule has 1 aromatic carbocycles. The molecule has 0 bridgehead atoms. The van der Waals surface area contributed by atoms with Crippen LogP contribution >= 0.6 is 15.9 Å². The number of nitrogens with one attached hydrogen (secondary N) is 2. The van der Waals surface area contributed by atoms with Crippen molar-refractivity contribution in [2.75, 3.05) is 31.6 Å². The van der Waals surface area contributed by atoms with Crippen LogP contribution in [0.3, 0.4) is 0 Å². The van der Waals surface area contributed by atoms with Crippen LogP contribution in [0, 0.1) is 12.8 Å². The molecule has 3 heterocycles. The van der Waals surface area contributed by atoms with Crippen molar-refractivity contribution >= 4 is 33.2 Å². The number of anilines is 1. The largest absolute Gasteiger partial charge is 0.382 e. The number of hydrogen-bond donors (Lipinski definition) is 2. The van der Waals surface area contributed by atoms with Gasteiger partial charge < -0.3 is 15.4 Å². The van der Waals surface area contributed by atoms with Gasteiger partial charge in [0.05, 0.1) is 17.6 Å². The van der Waals surface area contributed by atoms with E-state index in [9.17, 15) is 4.79 Å². The van der Waals surface area contributed by atoms with Crippen molar-refractivity contribution in [2.24, 2.45) is 5.92 Å². The lowest BCUT2D eigenvalue weighted by Crippen LogP contribution is -2.24. The summed E-state index contributed by atoms with van der Waals surface area (Å²) in [4.78, 5) is 17.0. The zero-order valence-corrected chi connectivity index (χ0v) is 19.5. The highest BCUT2D eigenvalue weighted by Gasteiger charge is 2.17. The van der Waals surface area contributed by atoms with Gasteiger partial charge in [0.1, 0.15) is 4.60 Å². The molecule has 0 aliphatic carbocycles. The Morgan fingerprint density at radius 1 is 1.29 bits per heavy atom. The summed E-state index contributed by atoms with van der Waals surface area (Å²) in [5.41, 5.74) is 5.21. The van der Waals surface area contributed by atoms with E-state index in [0.717, 1.165) is 71.8 Å². The van der Waals surface area contributed by atoms with Gasteiger partial charge in [-0.25, -0.2) is 9.50 Å². The number of amides is 1. The second kappa shape index (κ2) is 9.78. The smallest absolute Gasteiger partial charge is 0.251 e. The van der Waals surface area contributed by atoms with E-state index in [0.29, 0.717) is 18.0 Å². The number of fused-ring (bicyclic) bond motifs is 1. The van der Waals surface area contributed by atoms with E-state index in [4.69, 9.17) is 4.74 Å². The monoisotopic (exact) mass is 485 g/mol. The van der Waals surface area contributed by atoms with Crippen LogP contribution < -0.4 is 10.6 Å². The summed E-state index contributed by atoms with van der Waals surface area (Å²) >= 11 is 3.54. The van der Waals surface area contributed by atoms with Gasteiger partial charge in [0.25, 0.3) is 5.91 Å². The maximum absolute atomic E-state index is 12.4. The topological polar surface area (TPSA) is 80.5 Å². The van der Waals surface area contributed by atoms with E-state index in [1.807, 2.05) is 48.8 Å². The van der Waals surface area contributed by atoms with Gasteiger partial charge in [0, 0.05) is 37.4 Å². The summed E-state index contributed by atoms with van der Waals surface area (Å²) in [7, 11) is 0. The van der Waals surface area contributed by atoms with E-state index >= 15 is 0 Å². The van der Waals surface area contributed by atoms with Gasteiger partial charge in [-0.3, -0.25) is 4.79 Å². The molecule has 0 saturated carbocycles. The first-order valence-corrected chi connectivity index (χ1v) is 11.6. The molecule has 2 N–H and O–H groups in total. The summed E-state index contributed by atoms with van der Waals surface area (Å²) in [5.74, 6) is 0.564. The van der Waals surface area contributed by atoms with Crippen LogP contribution in [0.4, 0.5) is 5.69 Å². The number of carbonyl (C=O) groups is 1. The molecular formula is C23H28BrN5O2. The third-order valence-corrected chi connectivity index (χ3v) is 6.05. The number of aryl methyl sites for hydroxylation is 1. The van der Waals surface area contributed by atoms with E-state index < -0.39 is 0 Å². The molecule has 8 heteroatoms. The zero-order chi connectivity index (χ0) is 21.8. The predicted molar refractivity (Wildman–Crippen MR) is 126 cm³/mol. The highest BCUT2D eigenvalue weighted by atomic mass is 79.9. The first-order valence-electron chi connectivity index (χ1n) is 10.8. The normalized spacial score (nSPS) is 14.7. The summed E-state index contributed by atoms with van der Waals surface area (Å²) in [6, 6.07) is 7.81. The van der Waals surface area contributed by atoms with Gasteiger partial charge in [0.2, 0.25) is 0 Å². The maximum Gasteiger partial charge on any atom is 0.251 e. The third kappa shape index (κ3) is 4.91. The molecule has 1 aliphatic heterocycles. The standard InChI is InChI=1S/C23H28BrN5O2/c1-3-8-25-23(30)18-5-4-17(11-15(18)2)20-14-27-22-19(12-21(24)28-29(20)22)26-13-16-6-9-31-10-7-16/h4-5,11-12,14,16,26H,3,6-10,13H2,1-2H3,(H,25,30). The highest BCUT2D eigenvalue weighted by Crippen LogP contribution is 2.28. The maximum atomic E-state index is 12.4. The SMILES string of the molecule is CCCNC(=O)c1ccc(-c2cnc3c(NCC4CCOCC4)cc(Br)nn23)cc1C. The van der Waals surface area contributed by atoms with E-state index in [1.165, 1.54) is 0 Å². The number of aromatic nitrogens is 3. The number of benzene rings is 1. The summed E-state index contributed by atoms with van der Waals surface area (Å²) < 4.78 is 8.04. The van der Waals surface area contributed by atoms with Crippen molar-refractivity contribution in [1.82, 2.24) is 19.9 Å². The van der Waals surface area contributed by atoms with E-state index in [2.05, 4.69) is 36.6 Å². The molecule has 0 unspecified atom stereocenters. The minimum atomic E-state index is -0.0375. The van der Waals surface area contributed by atoms with E-state index in [1.54, 1.807) is 0 Å². The molecule has 31 heavy (non-hydrogen) atoms. The average Bonchev–Trinajstić information content (AvgIpc) is 3.20. The van der Waals surface area contributed by atoms with Crippen LogP contribution in [-0.4, -0.2) is 46.8 Å². The van der Waals surface area contributed by atoms with Crippen molar-refractivity contribution in [1.29, 1.82) is 0 Å². The number of imidazole rings is 1. The summed E-state index contributed by atoms with van der Waals surface area (Å²) in [6.45, 7) is 7.23. The number of hydrogen-bond acceptors (Lipinski definition) is 5. The lowest BCUT2D eigenvalue weighted by atomic mass is 10.0. The number of ether oxygens (including phenoxy) is 1. The molecule has 1 saturated heterocycles. The van der Waals surface area contributed by atoms with Gasteiger partial charge in [-0.1, -0.05) is 13.0 Å². The van der Waals surface area contributed by atoms with Crippen LogP contribution in [0.2, 0.25) is 0 Å². The Kier molecular flexibility index (Phi) is 6.87. The molecule has 0 atom stereocenters. The highest BCUT2D eigenvalue weighted by molar-refractivity contribution is 9.10. The second-order valence-electron chi connectivity index (χ2n) is 7.98. The van der Waals surface area contributed by atoms with Crippen molar-refractivity contribution in [3.05, 3.63) is 46.2 Å². The first-order chi connectivity index (χ1) is 15.1. The molecule has 1 fully saturated rings. The van der Waals surface area contributed by atoms with Crippen molar-refractivity contribution in [3.8, 4) is 11.3 Å². The Morgan fingerprint density at radius 2 is 2.10 bits per heavy atom. The fourth-order valence-corrected chi connectivity index (χ4v) is 4.27. The third-order valence-electron chi connectivity index (χ3n) is 5.66. The Bertz CT molecular complexity index is 1080. The van der Waals surface area contributed by atoms with Gasteiger partial charge in [-0.05, 0) is 71.8 Å². The van der Waals surface area contributed by atoms with Gasteiger partial charge in [-0.2, -0.15) is 5.10 Å². The molecule has 1 amide bonds. The number of carbonyl (C=O) groups excluding carboxylic acids is 1. The molecule has 164 valence electrons. The number of rotatable bonds is 7. The zero-order valence-electron chi connectivity index (χ0n) is 17.9. The van der Waals surface area contributed by atoms with Crippen LogP contribution in [-0.2, 0) is 4.74 Å². The minimum absolute atomic E-state index is 0.0375. The van der Waals surface area contributed by atoms with Gasteiger partial charge in [-0.15, -0.1) is 0 Å². The van der Waals surface area contributed by atoms with Crippen molar-refractivity contribution < 1.29 is 9.53 Å². The molecule has 0 spiro atoms.